The van der Waals surface area contributed by atoms with Crippen molar-refractivity contribution in [2.75, 3.05) is 13.1 Å². The third-order valence-corrected chi connectivity index (χ3v) is 3.59. The number of oxazole rings is 1. The lowest BCUT2D eigenvalue weighted by Crippen LogP contribution is -2.35. The third-order valence-electron chi connectivity index (χ3n) is 3.59. The van der Waals surface area contributed by atoms with Crippen molar-refractivity contribution in [1.82, 2.24) is 9.88 Å². The number of hydrogen-bond acceptors (Lipinski definition) is 4. The molecule has 1 aliphatic rings. The molecular weight excluding hydrogens is 259 g/mol. The Morgan fingerprint density at radius 2 is 1.95 bits per heavy atom. The summed E-state index contributed by atoms with van der Waals surface area (Å²) in [6.45, 7) is 2.47. The first kappa shape index (κ1) is 13.3. The number of aliphatic hydroxyl groups is 1. The normalized spacial score (nSPS) is 17.5. The highest BCUT2D eigenvalue weighted by Crippen LogP contribution is 2.20. The van der Waals surface area contributed by atoms with Gasteiger partial charge < -0.3 is 9.52 Å². The summed E-state index contributed by atoms with van der Waals surface area (Å²) < 4.78 is 18.3. The molecule has 0 amide bonds. The van der Waals surface area contributed by atoms with Gasteiger partial charge in [0, 0.05) is 25.2 Å². The van der Waals surface area contributed by atoms with E-state index >= 15 is 0 Å². The van der Waals surface area contributed by atoms with Gasteiger partial charge in [-0.05, 0) is 37.1 Å². The van der Waals surface area contributed by atoms with Crippen molar-refractivity contribution in [2.24, 2.45) is 0 Å². The number of piperidine rings is 1. The summed E-state index contributed by atoms with van der Waals surface area (Å²) in [7, 11) is 0. The molecular formula is C15H17FN2O2. The van der Waals surface area contributed by atoms with Crippen molar-refractivity contribution < 1.29 is 13.9 Å². The minimum atomic E-state index is -0.271. The van der Waals surface area contributed by atoms with Crippen molar-refractivity contribution in [2.45, 2.75) is 25.5 Å². The predicted octanol–water partition coefficient (Wildman–Crippen LogP) is 2.44. The van der Waals surface area contributed by atoms with Crippen molar-refractivity contribution in [3.63, 3.8) is 0 Å². The predicted molar refractivity (Wildman–Crippen MR) is 72.4 cm³/mol. The molecule has 1 aromatic carbocycles. The van der Waals surface area contributed by atoms with Crippen molar-refractivity contribution in [3.05, 3.63) is 42.0 Å². The SMILES string of the molecule is OC1CCN(Cc2coc(-c3ccc(F)cc3)n2)CC1. The molecule has 1 aromatic heterocycles. The van der Waals surface area contributed by atoms with E-state index in [-0.39, 0.29) is 11.9 Å². The summed E-state index contributed by atoms with van der Waals surface area (Å²) in [6, 6.07) is 6.10. The Bertz CT molecular complexity index is 560. The first-order chi connectivity index (χ1) is 9.70. The lowest BCUT2D eigenvalue weighted by molar-refractivity contribution is 0.0786. The number of benzene rings is 1. The number of aromatic nitrogens is 1. The largest absolute Gasteiger partial charge is 0.444 e. The van der Waals surface area contributed by atoms with E-state index in [2.05, 4.69) is 9.88 Å². The van der Waals surface area contributed by atoms with Crippen LogP contribution in [0.5, 0.6) is 0 Å². The van der Waals surface area contributed by atoms with Gasteiger partial charge in [-0.2, -0.15) is 0 Å². The Balaban J connectivity index is 1.66. The molecule has 1 saturated heterocycles. The number of halogens is 1. The Morgan fingerprint density at radius 1 is 1.25 bits per heavy atom. The zero-order chi connectivity index (χ0) is 13.9. The quantitative estimate of drug-likeness (QED) is 0.935. The first-order valence-electron chi connectivity index (χ1n) is 6.81. The molecule has 2 heterocycles. The van der Waals surface area contributed by atoms with Crippen LogP contribution < -0.4 is 0 Å². The van der Waals surface area contributed by atoms with Crippen LogP contribution in [0.4, 0.5) is 4.39 Å². The fourth-order valence-corrected chi connectivity index (χ4v) is 2.41. The summed E-state index contributed by atoms with van der Waals surface area (Å²) in [6.07, 6.45) is 3.09. The first-order valence-corrected chi connectivity index (χ1v) is 6.81. The molecule has 0 atom stereocenters. The molecule has 0 saturated carbocycles. The van der Waals surface area contributed by atoms with Gasteiger partial charge in [-0.15, -0.1) is 0 Å². The summed E-state index contributed by atoms with van der Waals surface area (Å²) in [5.41, 5.74) is 1.63. The Morgan fingerprint density at radius 3 is 2.65 bits per heavy atom. The van der Waals surface area contributed by atoms with E-state index in [0.29, 0.717) is 5.89 Å². The molecule has 2 aromatic rings. The van der Waals surface area contributed by atoms with Crippen LogP contribution in [0.3, 0.4) is 0 Å². The molecule has 4 nitrogen and oxygen atoms in total. The summed E-state index contributed by atoms with van der Waals surface area (Å²) in [4.78, 5) is 6.68. The monoisotopic (exact) mass is 276 g/mol. The van der Waals surface area contributed by atoms with Crippen LogP contribution in [-0.4, -0.2) is 34.2 Å². The van der Waals surface area contributed by atoms with E-state index in [0.717, 1.165) is 43.7 Å². The Labute approximate surface area is 116 Å². The minimum Gasteiger partial charge on any atom is -0.444 e. The molecule has 0 aliphatic carbocycles. The van der Waals surface area contributed by atoms with Crippen LogP contribution in [0.15, 0.2) is 34.9 Å². The van der Waals surface area contributed by atoms with Gasteiger partial charge in [-0.3, -0.25) is 4.90 Å². The average Bonchev–Trinajstić information content (AvgIpc) is 2.91. The molecule has 0 radical (unpaired) electrons. The van der Waals surface area contributed by atoms with E-state index in [4.69, 9.17) is 4.42 Å². The third kappa shape index (κ3) is 3.05. The van der Waals surface area contributed by atoms with Crippen LogP contribution in [-0.2, 0) is 6.54 Å². The maximum Gasteiger partial charge on any atom is 0.226 e. The van der Waals surface area contributed by atoms with E-state index in [1.807, 2.05) is 0 Å². The molecule has 1 N–H and O–H groups in total. The fraction of sp³-hybridized carbons (Fsp3) is 0.400. The summed E-state index contributed by atoms with van der Waals surface area (Å²) >= 11 is 0. The highest BCUT2D eigenvalue weighted by molar-refractivity contribution is 5.52. The van der Waals surface area contributed by atoms with Gasteiger partial charge in [-0.1, -0.05) is 0 Å². The standard InChI is InChI=1S/C15H17FN2O2/c16-12-3-1-11(2-4-12)15-17-13(10-20-15)9-18-7-5-14(19)6-8-18/h1-4,10,14,19H,5-9H2. The molecule has 0 unspecified atom stereocenters. The number of likely N-dealkylation sites (tertiary alicyclic amines) is 1. The molecule has 5 heteroatoms. The molecule has 0 spiro atoms. The molecule has 3 rings (SSSR count). The van der Waals surface area contributed by atoms with Crippen LogP contribution in [0, 0.1) is 5.82 Å². The minimum absolute atomic E-state index is 0.168. The molecule has 1 fully saturated rings. The fourth-order valence-electron chi connectivity index (χ4n) is 2.41. The maximum absolute atomic E-state index is 12.9. The van der Waals surface area contributed by atoms with Crippen molar-refractivity contribution in [1.29, 1.82) is 0 Å². The highest BCUT2D eigenvalue weighted by Gasteiger charge is 2.18. The van der Waals surface area contributed by atoms with Crippen molar-refractivity contribution in [3.8, 4) is 11.5 Å². The lowest BCUT2D eigenvalue weighted by Gasteiger charge is -2.28. The van der Waals surface area contributed by atoms with Gasteiger partial charge in [-0.25, -0.2) is 9.37 Å². The van der Waals surface area contributed by atoms with Gasteiger partial charge in [0.2, 0.25) is 5.89 Å². The molecule has 1 aliphatic heterocycles. The topological polar surface area (TPSA) is 49.5 Å². The smallest absolute Gasteiger partial charge is 0.226 e. The van der Waals surface area contributed by atoms with Crippen LogP contribution in [0.2, 0.25) is 0 Å². The summed E-state index contributed by atoms with van der Waals surface area (Å²) in [5, 5.41) is 9.48. The second-order valence-electron chi connectivity index (χ2n) is 5.16. The maximum atomic E-state index is 12.9. The van der Waals surface area contributed by atoms with Crippen LogP contribution in [0.25, 0.3) is 11.5 Å². The number of hydrogen-bond donors (Lipinski definition) is 1. The van der Waals surface area contributed by atoms with Crippen LogP contribution in [0.1, 0.15) is 18.5 Å². The van der Waals surface area contributed by atoms with Gasteiger partial charge in [0.05, 0.1) is 11.8 Å². The van der Waals surface area contributed by atoms with E-state index in [1.165, 1.54) is 12.1 Å². The van der Waals surface area contributed by atoms with Gasteiger partial charge in [0.25, 0.3) is 0 Å². The zero-order valence-corrected chi connectivity index (χ0v) is 11.1. The second kappa shape index (κ2) is 5.73. The number of rotatable bonds is 3. The zero-order valence-electron chi connectivity index (χ0n) is 11.1. The van der Waals surface area contributed by atoms with E-state index < -0.39 is 0 Å². The van der Waals surface area contributed by atoms with Crippen molar-refractivity contribution >= 4 is 0 Å². The molecule has 0 bridgehead atoms. The summed E-state index contributed by atoms with van der Waals surface area (Å²) in [5.74, 6) is 0.240. The molecule has 106 valence electrons. The Kier molecular flexibility index (Phi) is 3.80. The second-order valence-corrected chi connectivity index (χ2v) is 5.16. The Hall–Kier alpha value is -1.72. The van der Waals surface area contributed by atoms with Gasteiger partial charge >= 0.3 is 0 Å². The lowest BCUT2D eigenvalue weighted by atomic mass is 10.1. The average molecular weight is 276 g/mol. The number of aliphatic hydroxyl groups excluding tert-OH is 1. The van der Waals surface area contributed by atoms with Gasteiger partial charge in [0.15, 0.2) is 0 Å². The van der Waals surface area contributed by atoms with Gasteiger partial charge in [0.1, 0.15) is 12.1 Å². The number of nitrogens with zero attached hydrogens (tertiary/aromatic N) is 2. The van der Waals surface area contributed by atoms with E-state index in [1.54, 1.807) is 18.4 Å². The van der Waals surface area contributed by atoms with Crippen LogP contribution >= 0.6 is 0 Å². The molecule has 20 heavy (non-hydrogen) atoms. The highest BCUT2D eigenvalue weighted by atomic mass is 19.1. The van der Waals surface area contributed by atoms with E-state index in [9.17, 15) is 9.50 Å².